The van der Waals surface area contributed by atoms with Gasteiger partial charge in [0.2, 0.25) is 17.7 Å². The van der Waals surface area contributed by atoms with E-state index < -0.39 is 69.9 Å². The maximum absolute atomic E-state index is 13.9. The molecule has 1 saturated heterocycles. The number of benzene rings is 2. The highest BCUT2D eigenvalue weighted by molar-refractivity contribution is 6.08. The van der Waals surface area contributed by atoms with E-state index in [1.165, 1.54) is 65.7 Å². The molecule has 3 rings (SSSR count). The first-order chi connectivity index (χ1) is 26.0. The van der Waals surface area contributed by atoms with Crippen molar-refractivity contribution in [3.05, 3.63) is 83.2 Å². The van der Waals surface area contributed by atoms with Crippen molar-refractivity contribution in [2.75, 3.05) is 13.7 Å². The van der Waals surface area contributed by atoms with E-state index in [4.69, 9.17) is 9.47 Å². The van der Waals surface area contributed by atoms with Crippen LogP contribution in [0.15, 0.2) is 72.1 Å². The number of hydrogen-bond acceptors (Lipinski definition) is 9. The van der Waals surface area contributed by atoms with Crippen molar-refractivity contribution in [1.29, 1.82) is 0 Å². The number of nitrogens with zero attached hydrogens (tertiary/aromatic N) is 1. The third kappa shape index (κ3) is 12.5. The lowest BCUT2D eigenvalue weighted by Crippen LogP contribution is -2.60. The lowest BCUT2D eigenvalue weighted by Gasteiger charge is -2.31. The predicted octanol–water partition coefficient (Wildman–Crippen LogP) is 3.56. The molecule has 1 atom stereocenters. The van der Waals surface area contributed by atoms with Gasteiger partial charge in [-0.15, -0.1) is 0 Å². The molecule has 1 aliphatic rings. The monoisotopic (exact) mass is 774 g/mol. The van der Waals surface area contributed by atoms with E-state index in [1.807, 2.05) is 0 Å². The van der Waals surface area contributed by atoms with Crippen LogP contribution in [-0.2, 0) is 38.2 Å². The number of likely N-dealkylation sites (tertiary alicyclic amines) is 1. The van der Waals surface area contributed by atoms with Gasteiger partial charge in [0.15, 0.2) is 0 Å². The lowest BCUT2D eigenvalue weighted by molar-refractivity contribution is -0.149. The molecule has 0 saturated carbocycles. The first kappa shape index (κ1) is 44.4. The Morgan fingerprint density at radius 3 is 1.50 bits per heavy atom. The molecule has 0 bridgehead atoms. The van der Waals surface area contributed by atoms with Gasteiger partial charge in [-0.3, -0.25) is 28.9 Å². The van der Waals surface area contributed by atoms with Crippen LogP contribution in [0.5, 0.6) is 0 Å². The predicted molar refractivity (Wildman–Crippen MR) is 210 cm³/mol. The number of ether oxygens (including phenoxy) is 2. The van der Waals surface area contributed by atoms with Gasteiger partial charge in [-0.2, -0.15) is 0 Å². The Bertz CT molecular complexity index is 1860. The molecule has 0 spiro atoms. The fourth-order valence-electron chi connectivity index (χ4n) is 5.40. The zero-order valence-corrected chi connectivity index (χ0v) is 33.7. The molecule has 2 aromatic rings. The summed E-state index contributed by atoms with van der Waals surface area (Å²) in [7, 11) is 1.18. The number of esters is 1. The van der Waals surface area contributed by atoms with Crippen LogP contribution in [-0.4, -0.2) is 88.4 Å². The molecule has 0 radical (unpaired) electrons. The van der Waals surface area contributed by atoms with Gasteiger partial charge in [0.05, 0.1) is 7.11 Å². The lowest BCUT2D eigenvalue weighted by atomic mass is 10.0. The summed E-state index contributed by atoms with van der Waals surface area (Å²) in [5.74, 6) is -4.50. The number of carbonyl (C=O) groups excluding carboxylic acids is 7. The molecule has 1 heterocycles. The average molecular weight is 775 g/mol. The fourth-order valence-corrected chi connectivity index (χ4v) is 5.40. The summed E-state index contributed by atoms with van der Waals surface area (Å²) < 4.78 is 10.3. The van der Waals surface area contributed by atoms with E-state index in [9.17, 15) is 33.6 Å². The maximum atomic E-state index is 13.9. The van der Waals surface area contributed by atoms with Gasteiger partial charge in [-0.1, -0.05) is 60.7 Å². The smallest absolute Gasteiger partial charge is 0.410 e. The third-order valence-electron chi connectivity index (χ3n) is 8.51. The van der Waals surface area contributed by atoms with Crippen LogP contribution < -0.4 is 26.6 Å². The summed E-state index contributed by atoms with van der Waals surface area (Å²) in [5, 5.41) is 13.1. The van der Waals surface area contributed by atoms with Crippen molar-refractivity contribution in [2.24, 2.45) is 0 Å². The number of nitrogens with one attached hydrogen (secondary N) is 5. The van der Waals surface area contributed by atoms with Crippen molar-refractivity contribution in [2.45, 2.75) is 103 Å². The number of rotatable bonds is 13. The van der Waals surface area contributed by atoms with Crippen LogP contribution in [0, 0.1) is 0 Å². The highest BCUT2D eigenvalue weighted by Crippen LogP contribution is 2.22. The fraction of sp³-hybridized carbons (Fsp3) is 0.439. The van der Waals surface area contributed by atoms with E-state index in [0.717, 1.165) is 0 Å². The van der Waals surface area contributed by atoms with Gasteiger partial charge in [0.25, 0.3) is 11.8 Å². The minimum atomic E-state index is -1.69. The Morgan fingerprint density at radius 2 is 1.07 bits per heavy atom. The Labute approximate surface area is 328 Å². The Kier molecular flexibility index (Phi) is 14.3. The van der Waals surface area contributed by atoms with E-state index in [-0.39, 0.29) is 11.4 Å². The van der Waals surface area contributed by atoms with E-state index in [0.29, 0.717) is 30.5 Å². The summed E-state index contributed by atoms with van der Waals surface area (Å²) in [4.78, 5) is 94.9. The quantitative estimate of drug-likeness (QED) is 0.149. The van der Waals surface area contributed by atoms with Crippen LogP contribution in [0.2, 0.25) is 0 Å². The minimum Gasteiger partial charge on any atom is -0.467 e. The Balaban J connectivity index is 1.85. The highest BCUT2D eigenvalue weighted by atomic mass is 16.6. The zero-order chi connectivity index (χ0) is 42.1. The SMILES string of the molecule is COC(=O)C(C)(C)NC(=O)/C(=C\c1ccccc1)NC(=O)C(C)(C)NC(=O)/C(=C\c1ccccc1)NC(=O)C(C)(C)NC(=O)[C@@H]1CCCN1C(=O)OC(C)(C)C. The van der Waals surface area contributed by atoms with E-state index >= 15 is 0 Å². The average Bonchev–Trinajstić information content (AvgIpc) is 3.61. The van der Waals surface area contributed by atoms with Crippen LogP contribution >= 0.6 is 0 Å². The number of amides is 6. The molecule has 302 valence electrons. The van der Waals surface area contributed by atoms with Crippen molar-refractivity contribution in [3.8, 4) is 0 Å². The van der Waals surface area contributed by atoms with Crippen molar-refractivity contribution in [1.82, 2.24) is 31.5 Å². The molecule has 56 heavy (non-hydrogen) atoms. The summed E-state index contributed by atoms with van der Waals surface area (Å²) >= 11 is 0. The van der Waals surface area contributed by atoms with Crippen LogP contribution in [0.3, 0.4) is 0 Å². The van der Waals surface area contributed by atoms with Gasteiger partial charge in [-0.05, 0) is 98.4 Å². The molecule has 2 aromatic carbocycles. The third-order valence-corrected chi connectivity index (χ3v) is 8.51. The molecule has 1 fully saturated rings. The Morgan fingerprint density at radius 1 is 0.643 bits per heavy atom. The molecule has 15 heteroatoms. The molecular weight excluding hydrogens is 720 g/mol. The highest BCUT2D eigenvalue weighted by Gasteiger charge is 2.41. The maximum Gasteiger partial charge on any atom is 0.410 e. The number of methoxy groups -OCH3 is 1. The number of hydrogen-bond donors (Lipinski definition) is 5. The summed E-state index contributed by atoms with van der Waals surface area (Å²) in [6.45, 7) is 14.1. The number of carbonyl (C=O) groups is 7. The van der Waals surface area contributed by atoms with E-state index in [2.05, 4.69) is 26.6 Å². The summed E-state index contributed by atoms with van der Waals surface area (Å²) in [5.41, 5.74) is -4.86. The molecule has 1 aliphatic heterocycles. The second-order valence-electron chi connectivity index (χ2n) is 15.9. The van der Waals surface area contributed by atoms with Crippen LogP contribution in [0.25, 0.3) is 12.2 Å². The standard InChI is InChI=1S/C41H54N6O9/c1-38(2,3)56-37(54)47-23-17-22-30(47)33(50)46-40(6,7)35(52)42-28(24-26-18-13-11-14-19-26)31(48)44-39(4,5)34(51)43-29(25-27-20-15-12-16-21-27)32(49)45-41(8,9)36(53)55-10/h11-16,18-21,24-25,30H,17,22-23H2,1-10H3,(H,42,52)(H,43,51)(H,44,48)(H,45,49)(H,46,50)/b28-24+,29-25+/t30-/m0/s1. The Hall–Kier alpha value is -5.99. The second kappa shape index (κ2) is 18.1. The summed E-state index contributed by atoms with van der Waals surface area (Å²) in [6.07, 6.45) is 3.12. The van der Waals surface area contributed by atoms with Gasteiger partial charge in [-0.25, -0.2) is 9.59 Å². The van der Waals surface area contributed by atoms with Gasteiger partial charge in [0, 0.05) is 6.54 Å². The molecule has 0 aliphatic carbocycles. The van der Waals surface area contributed by atoms with Gasteiger partial charge >= 0.3 is 12.1 Å². The van der Waals surface area contributed by atoms with Crippen molar-refractivity contribution in [3.63, 3.8) is 0 Å². The molecule has 0 unspecified atom stereocenters. The van der Waals surface area contributed by atoms with Gasteiger partial charge in [0.1, 0.15) is 39.7 Å². The largest absolute Gasteiger partial charge is 0.467 e. The van der Waals surface area contributed by atoms with Crippen molar-refractivity contribution >= 4 is 53.8 Å². The normalized spacial score (nSPS) is 15.2. The molecular formula is C41H54N6O9. The van der Waals surface area contributed by atoms with E-state index in [1.54, 1.807) is 81.4 Å². The van der Waals surface area contributed by atoms with Crippen LogP contribution in [0.1, 0.15) is 86.3 Å². The minimum absolute atomic E-state index is 0.223. The first-order valence-electron chi connectivity index (χ1n) is 18.2. The molecule has 15 nitrogen and oxygen atoms in total. The molecule has 0 aromatic heterocycles. The van der Waals surface area contributed by atoms with Gasteiger partial charge < -0.3 is 36.1 Å². The van der Waals surface area contributed by atoms with Crippen molar-refractivity contribution < 1.29 is 43.0 Å². The molecule has 6 amide bonds. The topological polar surface area (TPSA) is 201 Å². The summed E-state index contributed by atoms with van der Waals surface area (Å²) in [6, 6.07) is 16.4. The van der Waals surface area contributed by atoms with Crippen LogP contribution in [0.4, 0.5) is 4.79 Å². The molecule has 5 N–H and O–H groups in total. The second-order valence-corrected chi connectivity index (χ2v) is 15.9. The first-order valence-corrected chi connectivity index (χ1v) is 18.2. The zero-order valence-electron chi connectivity index (χ0n) is 33.7.